The summed E-state index contributed by atoms with van der Waals surface area (Å²) in [6.07, 6.45) is 4.37. The van der Waals surface area contributed by atoms with Crippen molar-refractivity contribution in [2.75, 3.05) is 6.61 Å². The van der Waals surface area contributed by atoms with Gasteiger partial charge >= 0.3 is 0 Å². The van der Waals surface area contributed by atoms with Crippen LogP contribution in [0.2, 0.25) is 5.02 Å². The standard InChI is InChI=1S/C11H16ClNOS.C3H8O2/c12-11-8-4-3-7-10(11)6-2-1-5-9-14-15-13;1-3(2,4)5/h3-4,7-8H,1-2,5-6,9,13H2;4-5H,1-2H3. The van der Waals surface area contributed by atoms with Crippen LogP contribution < -0.4 is 5.14 Å². The Labute approximate surface area is 130 Å². The van der Waals surface area contributed by atoms with E-state index in [0.29, 0.717) is 0 Å². The number of hydrogen-bond acceptors (Lipinski definition) is 5. The Morgan fingerprint density at radius 1 is 1.20 bits per heavy atom. The molecule has 6 heteroatoms. The number of nitrogens with two attached hydrogens (primary N) is 1. The smallest absolute Gasteiger partial charge is 0.156 e. The van der Waals surface area contributed by atoms with Gasteiger partial charge in [-0.05, 0) is 44.7 Å². The molecule has 0 saturated carbocycles. The van der Waals surface area contributed by atoms with Gasteiger partial charge in [-0.15, -0.1) is 0 Å². The summed E-state index contributed by atoms with van der Waals surface area (Å²) in [4.78, 5) is 0. The van der Waals surface area contributed by atoms with Crippen molar-refractivity contribution in [1.82, 2.24) is 0 Å². The summed E-state index contributed by atoms with van der Waals surface area (Å²) in [6.45, 7) is 3.32. The number of halogens is 1. The van der Waals surface area contributed by atoms with Crippen molar-refractivity contribution in [3.05, 3.63) is 34.9 Å². The molecule has 0 aliphatic carbocycles. The molecule has 1 rings (SSSR count). The normalized spacial score (nSPS) is 10.9. The minimum atomic E-state index is -1.50. The van der Waals surface area contributed by atoms with E-state index in [-0.39, 0.29) is 0 Å². The minimum absolute atomic E-state index is 0.726. The van der Waals surface area contributed by atoms with Crippen molar-refractivity contribution in [2.24, 2.45) is 5.14 Å². The van der Waals surface area contributed by atoms with Crippen LogP contribution in [-0.2, 0) is 10.6 Å². The van der Waals surface area contributed by atoms with Gasteiger partial charge < -0.3 is 14.4 Å². The molecule has 1 aromatic carbocycles. The Morgan fingerprint density at radius 2 is 1.80 bits per heavy atom. The van der Waals surface area contributed by atoms with E-state index < -0.39 is 5.79 Å². The molecule has 0 atom stereocenters. The SMILES string of the molecule is CC(C)(O)O.NSOCCCCCc1ccccc1Cl. The minimum Gasteiger partial charge on any atom is -0.366 e. The predicted molar refractivity (Wildman–Crippen MR) is 85.3 cm³/mol. The van der Waals surface area contributed by atoms with Crippen LogP contribution in [0.1, 0.15) is 38.7 Å². The maximum atomic E-state index is 8.08. The maximum absolute atomic E-state index is 8.08. The summed E-state index contributed by atoms with van der Waals surface area (Å²) < 4.78 is 4.98. The first-order valence-corrected chi connectivity index (χ1v) is 7.69. The number of aryl methyl sites for hydroxylation is 1. The van der Waals surface area contributed by atoms with Crippen molar-refractivity contribution in [2.45, 2.75) is 45.3 Å². The van der Waals surface area contributed by atoms with Crippen LogP contribution in [0.25, 0.3) is 0 Å². The molecule has 0 saturated heterocycles. The van der Waals surface area contributed by atoms with Gasteiger partial charge in [-0.2, -0.15) is 0 Å². The van der Waals surface area contributed by atoms with Crippen molar-refractivity contribution in [1.29, 1.82) is 0 Å². The lowest BCUT2D eigenvalue weighted by Crippen LogP contribution is -2.15. The predicted octanol–water partition coefficient (Wildman–Crippen LogP) is 3.30. The van der Waals surface area contributed by atoms with E-state index in [9.17, 15) is 0 Å². The average Bonchev–Trinajstić information content (AvgIpc) is 2.33. The molecule has 0 fully saturated rings. The summed E-state index contributed by atoms with van der Waals surface area (Å²) in [7, 11) is 0. The van der Waals surface area contributed by atoms with Crippen LogP contribution >= 0.6 is 23.8 Å². The van der Waals surface area contributed by atoms with Gasteiger partial charge in [0.15, 0.2) is 5.79 Å². The van der Waals surface area contributed by atoms with Gasteiger partial charge in [-0.3, -0.25) is 5.14 Å². The largest absolute Gasteiger partial charge is 0.366 e. The molecule has 116 valence electrons. The second-order valence-electron chi connectivity index (χ2n) is 4.81. The third-order valence-electron chi connectivity index (χ3n) is 2.20. The quantitative estimate of drug-likeness (QED) is 0.311. The van der Waals surface area contributed by atoms with Crippen molar-refractivity contribution < 1.29 is 14.4 Å². The summed E-state index contributed by atoms with van der Waals surface area (Å²) in [6, 6.07) is 7.99. The highest BCUT2D eigenvalue weighted by atomic mass is 35.5. The lowest BCUT2D eigenvalue weighted by molar-refractivity contribution is -0.127. The first-order chi connectivity index (χ1) is 9.34. The molecular formula is C14H24ClNO3S. The Morgan fingerprint density at radius 3 is 2.35 bits per heavy atom. The van der Waals surface area contributed by atoms with Crippen LogP contribution in [0.5, 0.6) is 0 Å². The van der Waals surface area contributed by atoms with Gasteiger partial charge in [0.05, 0.1) is 18.8 Å². The summed E-state index contributed by atoms with van der Waals surface area (Å²) >= 11 is 6.98. The van der Waals surface area contributed by atoms with E-state index in [2.05, 4.69) is 6.07 Å². The molecule has 0 amide bonds. The molecule has 0 bridgehead atoms. The molecule has 0 unspecified atom stereocenters. The number of aliphatic hydroxyl groups is 2. The van der Waals surface area contributed by atoms with Gasteiger partial charge in [-0.1, -0.05) is 36.2 Å². The van der Waals surface area contributed by atoms with Gasteiger partial charge in [-0.25, -0.2) is 0 Å². The molecule has 0 radical (unpaired) electrons. The summed E-state index contributed by atoms with van der Waals surface area (Å²) in [5.41, 5.74) is 1.23. The highest BCUT2D eigenvalue weighted by Gasteiger charge is 2.00. The monoisotopic (exact) mass is 321 g/mol. The Balaban J connectivity index is 0.000000621. The van der Waals surface area contributed by atoms with Crippen LogP contribution in [0, 0.1) is 0 Å². The van der Waals surface area contributed by atoms with Gasteiger partial charge in [0.25, 0.3) is 0 Å². The Bertz CT molecular complexity index is 353. The molecule has 1 aromatic rings. The number of benzene rings is 1. The second-order valence-corrected chi connectivity index (χ2v) is 5.65. The molecule has 4 N–H and O–H groups in total. The summed E-state index contributed by atoms with van der Waals surface area (Å²) in [5.74, 6) is -1.50. The topological polar surface area (TPSA) is 75.7 Å². The first-order valence-electron chi connectivity index (χ1n) is 6.51. The zero-order valence-corrected chi connectivity index (χ0v) is 13.6. The van der Waals surface area contributed by atoms with E-state index in [1.54, 1.807) is 0 Å². The Hall–Kier alpha value is -0.300. The average molecular weight is 322 g/mol. The summed E-state index contributed by atoms with van der Waals surface area (Å²) in [5, 5.41) is 22.2. The fraction of sp³-hybridized carbons (Fsp3) is 0.571. The molecule has 20 heavy (non-hydrogen) atoms. The van der Waals surface area contributed by atoms with Gasteiger partial charge in [0, 0.05) is 5.02 Å². The van der Waals surface area contributed by atoms with E-state index in [1.807, 2.05) is 18.2 Å². The Kier molecular flexibility index (Phi) is 11.2. The number of unbranched alkanes of at least 4 members (excludes halogenated alkanes) is 2. The van der Waals surface area contributed by atoms with Crippen molar-refractivity contribution in [3.63, 3.8) is 0 Å². The van der Waals surface area contributed by atoms with Crippen LogP contribution in [-0.4, -0.2) is 22.6 Å². The van der Waals surface area contributed by atoms with Gasteiger partial charge in [0.2, 0.25) is 0 Å². The molecule has 4 nitrogen and oxygen atoms in total. The lowest BCUT2D eigenvalue weighted by atomic mass is 10.1. The third kappa shape index (κ3) is 14.1. The second kappa shape index (κ2) is 11.4. The molecule has 0 heterocycles. The highest BCUT2D eigenvalue weighted by molar-refractivity contribution is 7.92. The first kappa shape index (κ1) is 19.7. The zero-order valence-electron chi connectivity index (χ0n) is 12.0. The van der Waals surface area contributed by atoms with E-state index in [0.717, 1.165) is 49.5 Å². The number of rotatable bonds is 7. The van der Waals surface area contributed by atoms with Crippen LogP contribution in [0.15, 0.2) is 24.3 Å². The van der Waals surface area contributed by atoms with Crippen molar-refractivity contribution >= 4 is 23.8 Å². The van der Waals surface area contributed by atoms with Crippen LogP contribution in [0.4, 0.5) is 0 Å². The lowest BCUT2D eigenvalue weighted by Gasteiger charge is -2.03. The zero-order chi connectivity index (χ0) is 15.4. The highest BCUT2D eigenvalue weighted by Crippen LogP contribution is 2.17. The van der Waals surface area contributed by atoms with E-state index in [4.69, 9.17) is 31.1 Å². The molecule has 0 aliphatic heterocycles. The maximum Gasteiger partial charge on any atom is 0.156 e. The van der Waals surface area contributed by atoms with E-state index in [1.165, 1.54) is 19.4 Å². The molecular weight excluding hydrogens is 298 g/mol. The van der Waals surface area contributed by atoms with Gasteiger partial charge in [0.1, 0.15) is 0 Å². The van der Waals surface area contributed by atoms with Crippen molar-refractivity contribution in [3.8, 4) is 0 Å². The molecule has 0 spiro atoms. The molecule has 0 aromatic heterocycles. The fourth-order valence-corrected chi connectivity index (χ4v) is 1.85. The fourth-order valence-electron chi connectivity index (χ4n) is 1.40. The third-order valence-corrected chi connectivity index (χ3v) is 2.87. The molecule has 0 aliphatic rings. The number of hydrogen-bond donors (Lipinski definition) is 3. The van der Waals surface area contributed by atoms with Crippen LogP contribution in [0.3, 0.4) is 0 Å². The van der Waals surface area contributed by atoms with E-state index >= 15 is 0 Å².